The Hall–Kier alpha value is -2.03. The monoisotopic (exact) mass is 576 g/mol. The Morgan fingerprint density at radius 2 is 1.97 bits per heavy atom. The standard InChI is InChI=1S/C29H34Cl2N2O4S/c1-37-21-7-8-26-23(17-21)22(11-13-32-26)27(34)9-5-19-12-14-33(18-20(19)6-10-28(35)36)15-16-38-29-24(30)3-2-4-25(29)31/h2-4,7-8,11,13,17,19-20,27,34H,5-6,9-10,12,14-16,18H2,1H3,(H,35,36)/t19-,20-,27-/m1/s1. The molecule has 2 N–H and O–H groups in total. The number of ether oxygens (including phenoxy) is 1. The molecule has 0 saturated carbocycles. The third kappa shape index (κ3) is 7.54. The van der Waals surface area contributed by atoms with Crippen LogP contribution < -0.4 is 4.74 Å². The van der Waals surface area contributed by atoms with E-state index in [1.807, 2.05) is 42.5 Å². The molecule has 0 spiro atoms. The number of benzene rings is 2. The van der Waals surface area contributed by atoms with Crippen molar-refractivity contribution in [3.63, 3.8) is 0 Å². The number of carboxylic acids is 1. The van der Waals surface area contributed by atoms with E-state index in [0.717, 1.165) is 65.3 Å². The van der Waals surface area contributed by atoms with Crippen LogP contribution in [0.4, 0.5) is 0 Å². The highest BCUT2D eigenvalue weighted by atomic mass is 35.5. The molecule has 38 heavy (non-hydrogen) atoms. The van der Waals surface area contributed by atoms with Crippen LogP contribution in [0.15, 0.2) is 53.6 Å². The Balaban J connectivity index is 1.36. The van der Waals surface area contributed by atoms with Gasteiger partial charge in [-0.3, -0.25) is 9.78 Å². The molecule has 1 aromatic heterocycles. The summed E-state index contributed by atoms with van der Waals surface area (Å²) < 4.78 is 5.37. The van der Waals surface area contributed by atoms with Crippen molar-refractivity contribution in [1.82, 2.24) is 9.88 Å². The van der Waals surface area contributed by atoms with Crippen molar-refractivity contribution in [3.05, 3.63) is 64.3 Å². The number of halogens is 2. The molecule has 4 rings (SSSR count). The number of piperidine rings is 1. The number of aromatic nitrogens is 1. The molecule has 0 bridgehead atoms. The average molecular weight is 578 g/mol. The molecule has 1 saturated heterocycles. The number of thioether (sulfide) groups is 1. The third-order valence-electron chi connectivity index (χ3n) is 7.43. The number of nitrogens with zero attached hydrogens (tertiary/aromatic N) is 2. The van der Waals surface area contributed by atoms with Gasteiger partial charge in [0.1, 0.15) is 5.75 Å². The van der Waals surface area contributed by atoms with Crippen LogP contribution in [-0.2, 0) is 4.79 Å². The van der Waals surface area contributed by atoms with Gasteiger partial charge in [-0.1, -0.05) is 29.3 Å². The number of fused-ring (bicyclic) bond motifs is 1. The highest BCUT2D eigenvalue weighted by Crippen LogP contribution is 2.37. The molecular weight excluding hydrogens is 543 g/mol. The lowest BCUT2D eigenvalue weighted by Gasteiger charge is -2.39. The van der Waals surface area contributed by atoms with Gasteiger partial charge >= 0.3 is 5.97 Å². The van der Waals surface area contributed by atoms with Gasteiger partial charge in [-0.15, -0.1) is 11.8 Å². The van der Waals surface area contributed by atoms with Gasteiger partial charge in [-0.25, -0.2) is 0 Å². The minimum atomic E-state index is -0.762. The SMILES string of the molecule is COc1ccc2nccc([C@H](O)CC[C@@H]3CCN(CCSc4c(Cl)cccc4Cl)C[C@H]3CCC(=O)O)c2c1. The van der Waals surface area contributed by atoms with Gasteiger partial charge in [0.15, 0.2) is 0 Å². The molecule has 0 unspecified atom stereocenters. The first-order valence-electron chi connectivity index (χ1n) is 13.0. The topological polar surface area (TPSA) is 82.9 Å². The average Bonchev–Trinajstić information content (AvgIpc) is 2.92. The van der Waals surface area contributed by atoms with Crippen molar-refractivity contribution < 1.29 is 19.7 Å². The second-order valence-electron chi connectivity index (χ2n) is 9.82. The van der Waals surface area contributed by atoms with Crippen LogP contribution >= 0.6 is 35.0 Å². The summed E-state index contributed by atoms with van der Waals surface area (Å²) in [6.45, 7) is 2.70. The first-order chi connectivity index (χ1) is 18.4. The lowest BCUT2D eigenvalue weighted by molar-refractivity contribution is -0.137. The third-order valence-corrected chi connectivity index (χ3v) is 9.40. The van der Waals surface area contributed by atoms with Crippen molar-refractivity contribution in [2.24, 2.45) is 11.8 Å². The zero-order chi connectivity index (χ0) is 27.1. The van der Waals surface area contributed by atoms with E-state index in [1.54, 1.807) is 25.1 Å². The summed E-state index contributed by atoms with van der Waals surface area (Å²) >= 11 is 14.3. The van der Waals surface area contributed by atoms with Crippen molar-refractivity contribution in [1.29, 1.82) is 0 Å². The van der Waals surface area contributed by atoms with Gasteiger partial charge in [-0.2, -0.15) is 0 Å². The number of carbonyl (C=O) groups is 1. The summed E-state index contributed by atoms with van der Waals surface area (Å²) in [7, 11) is 1.63. The quantitative estimate of drug-likeness (QED) is 0.225. The van der Waals surface area contributed by atoms with Gasteiger partial charge in [0.2, 0.25) is 0 Å². The van der Waals surface area contributed by atoms with Gasteiger partial charge in [-0.05, 0) is 86.0 Å². The normalized spacial score (nSPS) is 18.9. The minimum absolute atomic E-state index is 0.163. The minimum Gasteiger partial charge on any atom is -0.497 e. The van der Waals surface area contributed by atoms with E-state index in [4.69, 9.17) is 27.9 Å². The maximum absolute atomic E-state index is 11.4. The van der Waals surface area contributed by atoms with Gasteiger partial charge in [0.05, 0.1) is 28.8 Å². The Bertz CT molecular complexity index is 1220. The van der Waals surface area contributed by atoms with Crippen molar-refractivity contribution >= 4 is 51.8 Å². The van der Waals surface area contributed by atoms with Crippen molar-refractivity contribution in [2.75, 3.05) is 32.5 Å². The number of aliphatic hydroxyl groups excluding tert-OH is 1. The molecule has 1 aliphatic rings. The molecular formula is C29H34Cl2N2O4S. The molecule has 0 aliphatic carbocycles. The van der Waals surface area contributed by atoms with Crippen LogP contribution in [0.5, 0.6) is 5.75 Å². The maximum atomic E-state index is 11.4. The van der Waals surface area contributed by atoms with Crippen LogP contribution in [0.1, 0.15) is 43.8 Å². The summed E-state index contributed by atoms with van der Waals surface area (Å²) in [4.78, 5) is 19.1. The second-order valence-corrected chi connectivity index (χ2v) is 11.7. The summed E-state index contributed by atoms with van der Waals surface area (Å²) in [6.07, 6.45) is 4.36. The molecule has 2 heterocycles. The summed E-state index contributed by atoms with van der Waals surface area (Å²) in [5.74, 6) is 1.47. The Morgan fingerprint density at radius 1 is 1.18 bits per heavy atom. The fraction of sp³-hybridized carbons (Fsp3) is 0.448. The molecule has 0 radical (unpaired) electrons. The number of pyridine rings is 1. The second kappa shape index (κ2) is 13.9. The predicted molar refractivity (Wildman–Crippen MR) is 155 cm³/mol. The van der Waals surface area contributed by atoms with Crippen LogP contribution in [0.2, 0.25) is 10.0 Å². The molecule has 6 nitrogen and oxygen atoms in total. The molecule has 3 aromatic rings. The number of aliphatic carboxylic acids is 1. The summed E-state index contributed by atoms with van der Waals surface area (Å²) in [6, 6.07) is 13.1. The van der Waals surface area contributed by atoms with Crippen molar-refractivity contribution in [2.45, 2.75) is 43.1 Å². The maximum Gasteiger partial charge on any atom is 0.303 e. The van der Waals surface area contributed by atoms with Crippen LogP contribution in [0.25, 0.3) is 10.9 Å². The first kappa shape index (κ1) is 29.0. The Kier molecular flexibility index (Phi) is 10.6. The molecule has 0 amide bonds. The highest BCUT2D eigenvalue weighted by Gasteiger charge is 2.30. The number of aliphatic hydroxyl groups is 1. The molecule has 1 aliphatic heterocycles. The van der Waals surface area contributed by atoms with Crippen LogP contribution in [-0.4, -0.2) is 58.6 Å². The number of likely N-dealkylation sites (tertiary alicyclic amines) is 1. The summed E-state index contributed by atoms with van der Waals surface area (Å²) in [5.41, 5.74) is 1.68. The zero-order valence-corrected chi connectivity index (χ0v) is 23.8. The van der Waals surface area contributed by atoms with Gasteiger partial charge in [0.25, 0.3) is 0 Å². The molecule has 3 atom stereocenters. The van der Waals surface area contributed by atoms with Crippen molar-refractivity contribution in [3.8, 4) is 5.75 Å². The van der Waals surface area contributed by atoms with E-state index in [2.05, 4.69) is 9.88 Å². The van der Waals surface area contributed by atoms with E-state index in [1.165, 1.54) is 0 Å². The number of methoxy groups -OCH3 is 1. The smallest absolute Gasteiger partial charge is 0.303 e. The largest absolute Gasteiger partial charge is 0.497 e. The predicted octanol–water partition coefficient (Wildman–Crippen LogP) is 6.96. The fourth-order valence-electron chi connectivity index (χ4n) is 5.36. The lowest BCUT2D eigenvalue weighted by Crippen LogP contribution is -2.41. The molecule has 2 aromatic carbocycles. The number of hydrogen-bond acceptors (Lipinski definition) is 6. The van der Waals surface area contributed by atoms with Gasteiger partial charge < -0.3 is 19.8 Å². The highest BCUT2D eigenvalue weighted by molar-refractivity contribution is 7.99. The van der Waals surface area contributed by atoms with E-state index in [9.17, 15) is 15.0 Å². The van der Waals surface area contributed by atoms with Gasteiger partial charge in [0, 0.05) is 41.7 Å². The zero-order valence-electron chi connectivity index (χ0n) is 21.5. The van der Waals surface area contributed by atoms with E-state index >= 15 is 0 Å². The van der Waals surface area contributed by atoms with E-state index < -0.39 is 12.1 Å². The van der Waals surface area contributed by atoms with Crippen LogP contribution in [0.3, 0.4) is 0 Å². The number of rotatable bonds is 12. The Morgan fingerprint density at radius 3 is 2.71 bits per heavy atom. The number of carboxylic acid groups (broad SMARTS) is 1. The molecule has 1 fully saturated rings. The fourth-order valence-corrected chi connectivity index (χ4v) is 7.05. The Labute approximate surface area is 238 Å². The molecule has 204 valence electrons. The lowest BCUT2D eigenvalue weighted by atomic mass is 9.79. The first-order valence-corrected chi connectivity index (χ1v) is 14.7. The van der Waals surface area contributed by atoms with E-state index in [-0.39, 0.29) is 12.3 Å². The summed E-state index contributed by atoms with van der Waals surface area (Å²) in [5, 5.41) is 22.7. The molecule has 9 heteroatoms. The van der Waals surface area contributed by atoms with E-state index in [0.29, 0.717) is 28.8 Å². The number of hydrogen-bond donors (Lipinski definition) is 2. The van der Waals surface area contributed by atoms with Crippen LogP contribution in [0, 0.1) is 11.8 Å².